The molecule has 0 radical (unpaired) electrons. The first kappa shape index (κ1) is 21.5. The molecule has 170 valence electrons. The summed E-state index contributed by atoms with van der Waals surface area (Å²) in [6.07, 6.45) is 8.72. The molecule has 1 aromatic heterocycles. The Labute approximate surface area is 195 Å². The van der Waals surface area contributed by atoms with Gasteiger partial charge in [0.2, 0.25) is 5.91 Å². The number of nitrogens with one attached hydrogen (secondary N) is 1. The van der Waals surface area contributed by atoms with E-state index in [9.17, 15) is 9.59 Å². The van der Waals surface area contributed by atoms with Crippen LogP contribution in [0.3, 0.4) is 0 Å². The van der Waals surface area contributed by atoms with Crippen molar-refractivity contribution >= 4 is 23.1 Å². The van der Waals surface area contributed by atoms with Crippen molar-refractivity contribution in [3.05, 3.63) is 83.7 Å². The van der Waals surface area contributed by atoms with Gasteiger partial charge in [-0.05, 0) is 66.8 Å². The fraction of sp³-hybridized carbons (Fsp3) is 0.357. The molecule has 1 amide bonds. The molecule has 1 fully saturated rings. The molecule has 0 saturated heterocycles. The van der Waals surface area contributed by atoms with Crippen LogP contribution in [0.25, 0.3) is 0 Å². The van der Waals surface area contributed by atoms with Crippen LogP contribution in [0.5, 0.6) is 0 Å². The van der Waals surface area contributed by atoms with E-state index < -0.39 is 6.04 Å². The molecule has 5 nitrogen and oxygen atoms in total. The molecule has 1 N–H and O–H groups in total. The number of nitrogens with zero attached hydrogens (tertiary/aromatic N) is 2. The van der Waals surface area contributed by atoms with Gasteiger partial charge in [-0.25, -0.2) is 0 Å². The molecule has 0 bridgehead atoms. The van der Waals surface area contributed by atoms with Gasteiger partial charge in [0.1, 0.15) is 6.04 Å². The number of ketones is 1. The standard InChI is InChI=1S/C28H31N3O2/c1-30(26(32)18-20-8-3-2-4-9-20)23-15-13-21(14-16-23)28(33)27-25-12-7-17-31(25)19-22-10-5-6-11-24(22)29-27/h5-7,10-17,20,27,29H,2-4,8-9,18-19H2,1H3. The maximum atomic E-state index is 13.5. The molecule has 1 atom stereocenters. The van der Waals surface area contributed by atoms with Crippen LogP contribution in [0.1, 0.15) is 66.2 Å². The van der Waals surface area contributed by atoms with Gasteiger partial charge >= 0.3 is 0 Å². The normalized spacial score (nSPS) is 17.9. The van der Waals surface area contributed by atoms with E-state index in [1.807, 2.05) is 67.8 Å². The summed E-state index contributed by atoms with van der Waals surface area (Å²) in [7, 11) is 1.83. The number of rotatable bonds is 5. The summed E-state index contributed by atoms with van der Waals surface area (Å²) in [5, 5.41) is 3.47. The van der Waals surface area contributed by atoms with Crippen LogP contribution in [0.4, 0.5) is 11.4 Å². The molecule has 2 heterocycles. The Hall–Kier alpha value is -3.34. The van der Waals surface area contributed by atoms with Crippen molar-refractivity contribution in [3.63, 3.8) is 0 Å². The molecular weight excluding hydrogens is 410 g/mol. The number of carbonyl (C=O) groups excluding carboxylic acids is 2. The summed E-state index contributed by atoms with van der Waals surface area (Å²) >= 11 is 0. The highest BCUT2D eigenvalue weighted by Crippen LogP contribution is 2.32. The van der Waals surface area contributed by atoms with Gasteiger partial charge in [-0.3, -0.25) is 9.59 Å². The van der Waals surface area contributed by atoms with Crippen LogP contribution in [-0.4, -0.2) is 23.3 Å². The Bertz CT molecular complexity index is 1140. The van der Waals surface area contributed by atoms with Crippen LogP contribution in [-0.2, 0) is 11.3 Å². The number of fused-ring (bicyclic) bond motifs is 2. The molecule has 1 aliphatic carbocycles. The van der Waals surface area contributed by atoms with Gasteiger partial charge in [0.15, 0.2) is 5.78 Å². The predicted octanol–water partition coefficient (Wildman–Crippen LogP) is 5.82. The van der Waals surface area contributed by atoms with E-state index >= 15 is 0 Å². The van der Waals surface area contributed by atoms with Gasteiger partial charge in [0, 0.05) is 48.8 Å². The number of aromatic nitrogens is 1. The van der Waals surface area contributed by atoms with E-state index in [1.165, 1.54) is 24.8 Å². The van der Waals surface area contributed by atoms with Crippen LogP contribution in [0, 0.1) is 5.92 Å². The van der Waals surface area contributed by atoms with Crippen molar-refractivity contribution < 1.29 is 9.59 Å². The van der Waals surface area contributed by atoms with Crippen molar-refractivity contribution in [1.29, 1.82) is 0 Å². The maximum absolute atomic E-state index is 13.5. The molecule has 2 aliphatic rings. The number of anilines is 2. The van der Waals surface area contributed by atoms with Crippen LogP contribution < -0.4 is 10.2 Å². The highest BCUT2D eigenvalue weighted by molar-refractivity contribution is 6.03. The third-order valence-corrected chi connectivity index (χ3v) is 7.18. The lowest BCUT2D eigenvalue weighted by molar-refractivity contribution is -0.119. The quantitative estimate of drug-likeness (QED) is 0.508. The highest BCUT2D eigenvalue weighted by Gasteiger charge is 2.28. The molecule has 5 rings (SSSR count). The average molecular weight is 442 g/mol. The van der Waals surface area contributed by atoms with Gasteiger partial charge in [0.25, 0.3) is 0 Å². The number of hydrogen-bond donors (Lipinski definition) is 1. The van der Waals surface area contributed by atoms with E-state index in [0.717, 1.165) is 36.5 Å². The zero-order valence-electron chi connectivity index (χ0n) is 19.2. The third kappa shape index (κ3) is 4.45. The summed E-state index contributed by atoms with van der Waals surface area (Å²) < 4.78 is 2.13. The first-order chi connectivity index (χ1) is 16.1. The first-order valence-electron chi connectivity index (χ1n) is 12.0. The number of benzene rings is 2. The second-order valence-corrected chi connectivity index (χ2v) is 9.37. The SMILES string of the molecule is CN(C(=O)CC1CCCCC1)c1ccc(C(=O)C2Nc3ccccc3Cn3cccc32)cc1. The summed E-state index contributed by atoms with van der Waals surface area (Å²) in [5.74, 6) is 0.685. The maximum Gasteiger partial charge on any atom is 0.226 e. The van der Waals surface area contributed by atoms with Gasteiger partial charge in [-0.15, -0.1) is 0 Å². The van der Waals surface area contributed by atoms with E-state index in [1.54, 1.807) is 4.90 Å². The Morgan fingerprint density at radius 3 is 2.52 bits per heavy atom. The largest absolute Gasteiger partial charge is 0.370 e. The number of hydrogen-bond acceptors (Lipinski definition) is 3. The zero-order chi connectivity index (χ0) is 22.8. The van der Waals surface area contributed by atoms with E-state index in [2.05, 4.69) is 16.0 Å². The smallest absolute Gasteiger partial charge is 0.226 e. The molecule has 1 aliphatic heterocycles. The van der Waals surface area contributed by atoms with Gasteiger partial charge in [-0.2, -0.15) is 0 Å². The Morgan fingerprint density at radius 2 is 1.73 bits per heavy atom. The van der Waals surface area contributed by atoms with Crippen molar-refractivity contribution in [2.45, 2.75) is 51.1 Å². The van der Waals surface area contributed by atoms with Crippen molar-refractivity contribution in [2.75, 3.05) is 17.3 Å². The average Bonchev–Trinajstić information content (AvgIpc) is 3.24. The molecule has 1 unspecified atom stereocenters. The Balaban J connectivity index is 1.33. The fourth-order valence-corrected chi connectivity index (χ4v) is 5.18. The first-order valence-corrected chi connectivity index (χ1v) is 12.0. The van der Waals surface area contributed by atoms with Gasteiger partial charge < -0.3 is 14.8 Å². The molecular formula is C28H31N3O2. The number of carbonyl (C=O) groups is 2. The van der Waals surface area contributed by atoms with Crippen molar-refractivity contribution in [3.8, 4) is 0 Å². The number of amides is 1. The lowest BCUT2D eigenvalue weighted by Gasteiger charge is -2.24. The molecule has 2 aromatic carbocycles. The Morgan fingerprint density at radius 1 is 0.970 bits per heavy atom. The van der Waals surface area contributed by atoms with Gasteiger partial charge in [-0.1, -0.05) is 37.5 Å². The summed E-state index contributed by atoms with van der Waals surface area (Å²) in [6.45, 7) is 0.738. The summed E-state index contributed by atoms with van der Waals surface area (Å²) in [6, 6.07) is 19.1. The molecule has 0 spiro atoms. The number of Topliss-reactive ketones (excluding diaryl/α,β-unsaturated/α-hetero) is 1. The lowest BCUT2D eigenvalue weighted by Crippen LogP contribution is -2.28. The topological polar surface area (TPSA) is 54.3 Å². The van der Waals surface area contributed by atoms with E-state index in [0.29, 0.717) is 17.9 Å². The van der Waals surface area contributed by atoms with Gasteiger partial charge in [0.05, 0.1) is 0 Å². The zero-order valence-corrected chi connectivity index (χ0v) is 19.2. The molecule has 3 aromatic rings. The summed E-state index contributed by atoms with van der Waals surface area (Å²) in [4.78, 5) is 28.1. The fourth-order valence-electron chi connectivity index (χ4n) is 5.18. The monoisotopic (exact) mass is 441 g/mol. The Kier molecular flexibility index (Phi) is 6.03. The van der Waals surface area contributed by atoms with Crippen LogP contribution >= 0.6 is 0 Å². The second-order valence-electron chi connectivity index (χ2n) is 9.37. The minimum atomic E-state index is -0.458. The van der Waals surface area contributed by atoms with E-state index in [4.69, 9.17) is 0 Å². The van der Waals surface area contributed by atoms with Crippen molar-refractivity contribution in [2.24, 2.45) is 5.92 Å². The van der Waals surface area contributed by atoms with Crippen molar-refractivity contribution in [1.82, 2.24) is 4.57 Å². The third-order valence-electron chi connectivity index (χ3n) is 7.18. The minimum absolute atomic E-state index is 0.0226. The van der Waals surface area contributed by atoms with Crippen LogP contribution in [0.2, 0.25) is 0 Å². The molecule has 5 heteroatoms. The highest BCUT2D eigenvalue weighted by atomic mass is 16.2. The second kappa shape index (κ2) is 9.26. The predicted molar refractivity (Wildman–Crippen MR) is 132 cm³/mol. The molecule has 1 saturated carbocycles. The summed E-state index contributed by atoms with van der Waals surface area (Å²) in [5.41, 5.74) is 4.58. The molecule has 33 heavy (non-hydrogen) atoms. The lowest BCUT2D eigenvalue weighted by atomic mass is 9.86. The number of para-hydroxylation sites is 1. The minimum Gasteiger partial charge on any atom is -0.370 e. The van der Waals surface area contributed by atoms with E-state index in [-0.39, 0.29) is 11.7 Å². The van der Waals surface area contributed by atoms with Crippen LogP contribution in [0.15, 0.2) is 66.9 Å².